The van der Waals surface area contributed by atoms with Crippen LogP contribution in [0, 0.1) is 5.41 Å². The number of carbonyl (C=O) groups excluding carboxylic acids is 1. The molecule has 0 heterocycles. The fourth-order valence-electron chi connectivity index (χ4n) is 4.57. The van der Waals surface area contributed by atoms with Crippen LogP contribution in [0.1, 0.15) is 53.4 Å². The monoisotopic (exact) mass is 406 g/mol. The predicted octanol–water partition coefficient (Wildman–Crippen LogP) is 5.69. The first kappa shape index (κ1) is 21.6. The molecule has 3 rings (SSSR count). The molecule has 0 radical (unpaired) electrons. The Morgan fingerprint density at radius 1 is 0.931 bits per heavy atom. The first-order valence-corrected chi connectivity index (χ1v) is 13.4. The van der Waals surface area contributed by atoms with Gasteiger partial charge >= 0.3 is 5.97 Å². The van der Waals surface area contributed by atoms with Gasteiger partial charge in [-0.05, 0) is 58.1 Å². The number of hydrogen-bond acceptors (Lipinski definition) is 2. The highest BCUT2D eigenvalue weighted by atomic mass is 28.3. The maximum atomic E-state index is 12.6. The van der Waals surface area contributed by atoms with E-state index in [1.165, 1.54) is 28.8 Å². The summed E-state index contributed by atoms with van der Waals surface area (Å²) in [7, 11) is -2.07. The molecule has 1 aliphatic rings. The van der Waals surface area contributed by atoms with Gasteiger partial charge in [-0.3, -0.25) is 4.79 Å². The average molecular weight is 407 g/mol. The van der Waals surface area contributed by atoms with Gasteiger partial charge < -0.3 is 4.74 Å². The Bertz CT molecular complexity index is 823. The Hall–Kier alpha value is -2.13. The van der Waals surface area contributed by atoms with Gasteiger partial charge in [-0.1, -0.05) is 84.0 Å². The lowest BCUT2D eigenvalue weighted by Gasteiger charge is -2.41. The van der Waals surface area contributed by atoms with E-state index in [2.05, 4.69) is 67.2 Å². The van der Waals surface area contributed by atoms with Gasteiger partial charge in [-0.15, -0.1) is 0 Å². The lowest BCUT2D eigenvalue weighted by atomic mass is 9.93. The van der Waals surface area contributed by atoms with Crippen LogP contribution in [0.15, 0.2) is 72.0 Å². The molecule has 0 saturated heterocycles. The molecule has 1 unspecified atom stereocenters. The summed E-state index contributed by atoms with van der Waals surface area (Å²) in [6, 6.07) is 22.0. The van der Waals surface area contributed by atoms with Crippen LogP contribution in [0.4, 0.5) is 0 Å². The molecule has 1 saturated carbocycles. The van der Waals surface area contributed by atoms with Crippen molar-refractivity contribution in [1.29, 1.82) is 0 Å². The van der Waals surface area contributed by atoms with Crippen molar-refractivity contribution in [1.82, 2.24) is 0 Å². The molecule has 3 heteroatoms. The van der Waals surface area contributed by atoms with E-state index in [0.717, 1.165) is 18.6 Å². The van der Waals surface area contributed by atoms with Crippen LogP contribution in [0.5, 0.6) is 0 Å². The summed E-state index contributed by atoms with van der Waals surface area (Å²) in [6.45, 7) is 10.2. The minimum absolute atomic E-state index is 0.144. The number of benzene rings is 2. The van der Waals surface area contributed by atoms with Crippen molar-refractivity contribution in [3.8, 4) is 0 Å². The third-order valence-electron chi connectivity index (χ3n) is 6.36. The van der Waals surface area contributed by atoms with Crippen molar-refractivity contribution in [2.45, 2.75) is 65.5 Å². The fraction of sp³-hybridized carbons (Fsp3) is 0.423. The van der Waals surface area contributed by atoms with E-state index < -0.39 is 13.5 Å². The van der Waals surface area contributed by atoms with E-state index >= 15 is 0 Å². The molecule has 0 aromatic heterocycles. The molecule has 2 aromatic rings. The highest BCUT2D eigenvalue weighted by Crippen LogP contribution is 2.43. The molecule has 1 aliphatic carbocycles. The van der Waals surface area contributed by atoms with Crippen LogP contribution in [0.3, 0.4) is 0 Å². The van der Waals surface area contributed by atoms with Crippen LogP contribution in [-0.4, -0.2) is 14.0 Å². The standard InChI is InChI=1S/C26H34O2Si/c1-20(28-25(27)26(2,3)4)23-18-12-13-19-24(23)29(5,21-14-8-6-9-15-21)22-16-10-7-11-17-22/h6-11,14-17,24H,12-13,18-19H2,1-5H3/b23-20-. The summed E-state index contributed by atoms with van der Waals surface area (Å²) >= 11 is 0. The normalized spacial score (nSPS) is 19.6. The minimum Gasteiger partial charge on any atom is -0.431 e. The number of rotatable bonds is 4. The maximum absolute atomic E-state index is 12.6. The van der Waals surface area contributed by atoms with Crippen LogP contribution >= 0.6 is 0 Å². The Labute approximate surface area is 177 Å². The van der Waals surface area contributed by atoms with Gasteiger partial charge in [0.25, 0.3) is 0 Å². The third-order valence-corrected chi connectivity index (χ3v) is 11.5. The molecular formula is C26H34O2Si. The topological polar surface area (TPSA) is 26.3 Å². The van der Waals surface area contributed by atoms with Gasteiger partial charge in [0.2, 0.25) is 0 Å². The van der Waals surface area contributed by atoms with Crippen LogP contribution in [-0.2, 0) is 9.53 Å². The molecule has 0 aliphatic heterocycles. The smallest absolute Gasteiger partial charge is 0.316 e. The molecule has 29 heavy (non-hydrogen) atoms. The molecule has 0 bridgehead atoms. The van der Waals surface area contributed by atoms with Crippen molar-refractivity contribution in [2.75, 3.05) is 0 Å². The van der Waals surface area contributed by atoms with Gasteiger partial charge in [0.15, 0.2) is 0 Å². The largest absolute Gasteiger partial charge is 0.431 e. The van der Waals surface area contributed by atoms with E-state index in [0.29, 0.717) is 5.54 Å². The second kappa shape index (κ2) is 8.70. The van der Waals surface area contributed by atoms with Gasteiger partial charge in [-0.25, -0.2) is 0 Å². The fourth-order valence-corrected chi connectivity index (χ4v) is 9.30. The zero-order valence-electron chi connectivity index (χ0n) is 18.5. The van der Waals surface area contributed by atoms with E-state index in [1.54, 1.807) is 0 Å². The second-order valence-electron chi connectivity index (χ2n) is 9.45. The molecule has 1 atom stereocenters. The lowest BCUT2D eigenvalue weighted by Crippen LogP contribution is -2.60. The maximum Gasteiger partial charge on any atom is 0.316 e. The second-order valence-corrected chi connectivity index (χ2v) is 13.7. The zero-order valence-corrected chi connectivity index (χ0v) is 19.5. The summed E-state index contributed by atoms with van der Waals surface area (Å²) in [4.78, 5) is 12.6. The summed E-state index contributed by atoms with van der Waals surface area (Å²) in [6.07, 6.45) is 4.59. The summed E-state index contributed by atoms with van der Waals surface area (Å²) in [5.41, 5.74) is 1.30. The number of ether oxygens (including phenoxy) is 1. The molecule has 154 valence electrons. The van der Waals surface area contributed by atoms with Gasteiger partial charge in [-0.2, -0.15) is 0 Å². The molecule has 0 N–H and O–H groups in total. The van der Waals surface area contributed by atoms with E-state index in [1.807, 2.05) is 27.7 Å². The molecule has 0 amide bonds. The van der Waals surface area contributed by atoms with Crippen molar-refractivity contribution in [2.24, 2.45) is 5.41 Å². The van der Waals surface area contributed by atoms with Crippen molar-refractivity contribution in [3.63, 3.8) is 0 Å². The average Bonchev–Trinajstić information content (AvgIpc) is 2.73. The number of carbonyl (C=O) groups is 1. The SMILES string of the molecule is C/C(OC(=O)C(C)(C)C)=C1\CCCCC1[Si](C)(c1ccccc1)c1ccccc1. The van der Waals surface area contributed by atoms with Crippen LogP contribution in [0.2, 0.25) is 12.1 Å². The van der Waals surface area contributed by atoms with Gasteiger partial charge in [0, 0.05) is 0 Å². The highest BCUT2D eigenvalue weighted by molar-refractivity contribution is 7.02. The summed E-state index contributed by atoms with van der Waals surface area (Å²) in [5.74, 6) is 0.690. The third kappa shape index (κ3) is 4.56. The molecule has 0 spiro atoms. The highest BCUT2D eigenvalue weighted by Gasteiger charge is 2.43. The van der Waals surface area contributed by atoms with E-state index in [4.69, 9.17) is 4.74 Å². The van der Waals surface area contributed by atoms with Crippen molar-refractivity contribution >= 4 is 24.4 Å². The predicted molar refractivity (Wildman–Crippen MR) is 124 cm³/mol. The Morgan fingerprint density at radius 3 is 1.93 bits per heavy atom. The van der Waals surface area contributed by atoms with E-state index in [9.17, 15) is 4.79 Å². The summed E-state index contributed by atoms with van der Waals surface area (Å²) < 4.78 is 5.91. The Kier molecular flexibility index (Phi) is 6.48. The Morgan fingerprint density at radius 2 is 1.45 bits per heavy atom. The first-order chi connectivity index (χ1) is 13.7. The zero-order chi connectivity index (χ0) is 21.1. The van der Waals surface area contributed by atoms with Crippen molar-refractivity contribution < 1.29 is 9.53 Å². The molecule has 2 aromatic carbocycles. The van der Waals surface area contributed by atoms with Gasteiger partial charge in [0.05, 0.1) is 5.41 Å². The molecular weight excluding hydrogens is 372 g/mol. The minimum atomic E-state index is -2.07. The lowest BCUT2D eigenvalue weighted by molar-refractivity contribution is -0.148. The van der Waals surface area contributed by atoms with Crippen molar-refractivity contribution in [3.05, 3.63) is 72.0 Å². The number of esters is 1. The number of allylic oxidation sites excluding steroid dienone is 2. The quantitative estimate of drug-likeness (QED) is 0.370. The van der Waals surface area contributed by atoms with E-state index in [-0.39, 0.29) is 5.97 Å². The Balaban J connectivity index is 2.10. The molecule has 2 nitrogen and oxygen atoms in total. The molecule has 1 fully saturated rings. The summed E-state index contributed by atoms with van der Waals surface area (Å²) in [5, 5.41) is 2.90. The van der Waals surface area contributed by atoms with Gasteiger partial charge in [0.1, 0.15) is 13.8 Å². The van der Waals surface area contributed by atoms with Crippen LogP contribution in [0.25, 0.3) is 0 Å². The first-order valence-electron chi connectivity index (χ1n) is 10.8. The number of hydrogen-bond donors (Lipinski definition) is 0. The van der Waals surface area contributed by atoms with Crippen LogP contribution < -0.4 is 10.4 Å².